The van der Waals surface area contributed by atoms with E-state index in [9.17, 15) is 9.90 Å². The Morgan fingerprint density at radius 1 is 1.00 bits per heavy atom. The summed E-state index contributed by atoms with van der Waals surface area (Å²) in [5.41, 5.74) is 0.452. The molecule has 21 heavy (non-hydrogen) atoms. The van der Waals surface area contributed by atoms with Gasteiger partial charge in [0.25, 0.3) is 0 Å². The minimum atomic E-state index is -0.0541. The number of aliphatic hydroxyl groups is 1. The van der Waals surface area contributed by atoms with E-state index >= 15 is 0 Å². The average Bonchev–Trinajstić information content (AvgIpc) is 2.76. The third-order valence-electron chi connectivity index (χ3n) is 8.35. The van der Waals surface area contributed by atoms with Crippen molar-refractivity contribution in [2.75, 3.05) is 0 Å². The normalized spacial score (nSPS) is 56.5. The summed E-state index contributed by atoms with van der Waals surface area (Å²) in [6.07, 6.45) is 10.1. The standard InChI is InChI=1S/C19H30O2/c1-18-9-7-13(20)11-12(18)3-4-14-15-5-6-17(21)19(15,2)10-8-16(14)18/h12-16,20H,3-11H2,1-2H3/t12-,13?,14-,15-,16-,18-,19-/m0/s1. The van der Waals surface area contributed by atoms with Crippen LogP contribution in [0.1, 0.15) is 71.6 Å². The lowest BCUT2D eigenvalue weighted by Gasteiger charge is -2.60. The maximum atomic E-state index is 12.4. The molecule has 1 unspecified atom stereocenters. The molecule has 0 aromatic heterocycles. The van der Waals surface area contributed by atoms with E-state index in [1.807, 2.05) is 0 Å². The lowest BCUT2D eigenvalue weighted by atomic mass is 9.45. The number of aliphatic hydroxyl groups excluding tert-OH is 1. The Morgan fingerprint density at radius 3 is 2.62 bits per heavy atom. The van der Waals surface area contributed by atoms with Gasteiger partial charge in [0.15, 0.2) is 0 Å². The highest BCUT2D eigenvalue weighted by atomic mass is 16.3. The number of hydrogen-bond donors (Lipinski definition) is 1. The fourth-order valence-corrected chi connectivity index (χ4v) is 7.01. The van der Waals surface area contributed by atoms with E-state index in [2.05, 4.69) is 13.8 Å². The number of hydrogen-bond acceptors (Lipinski definition) is 2. The van der Waals surface area contributed by atoms with Gasteiger partial charge in [-0.05, 0) is 80.5 Å². The van der Waals surface area contributed by atoms with Crippen molar-refractivity contribution in [2.24, 2.45) is 34.5 Å². The van der Waals surface area contributed by atoms with Crippen molar-refractivity contribution in [3.8, 4) is 0 Å². The molecule has 0 aromatic rings. The number of ketones is 1. The second-order valence-electron chi connectivity index (χ2n) is 9.00. The number of fused-ring (bicyclic) bond motifs is 5. The number of carbonyl (C=O) groups excluding carboxylic acids is 1. The fourth-order valence-electron chi connectivity index (χ4n) is 7.01. The first-order valence-corrected chi connectivity index (χ1v) is 9.16. The molecule has 4 aliphatic rings. The highest BCUT2D eigenvalue weighted by Gasteiger charge is 2.60. The van der Waals surface area contributed by atoms with Crippen LogP contribution in [0.3, 0.4) is 0 Å². The fraction of sp³-hybridized carbons (Fsp3) is 0.947. The summed E-state index contributed by atoms with van der Waals surface area (Å²) in [6, 6.07) is 0. The summed E-state index contributed by atoms with van der Waals surface area (Å²) >= 11 is 0. The van der Waals surface area contributed by atoms with Gasteiger partial charge in [0.2, 0.25) is 0 Å². The molecular formula is C19H30O2. The van der Waals surface area contributed by atoms with Crippen molar-refractivity contribution >= 4 is 5.78 Å². The van der Waals surface area contributed by atoms with Crippen molar-refractivity contribution in [1.82, 2.24) is 0 Å². The lowest BCUT2D eigenvalue weighted by molar-refractivity contribution is -0.142. The van der Waals surface area contributed by atoms with E-state index in [0.29, 0.717) is 17.1 Å². The van der Waals surface area contributed by atoms with Crippen LogP contribution in [-0.4, -0.2) is 17.0 Å². The zero-order valence-corrected chi connectivity index (χ0v) is 13.6. The van der Waals surface area contributed by atoms with E-state index in [1.165, 1.54) is 25.7 Å². The molecule has 0 amide bonds. The van der Waals surface area contributed by atoms with Crippen LogP contribution in [-0.2, 0) is 4.79 Å². The molecule has 4 fully saturated rings. The van der Waals surface area contributed by atoms with Crippen molar-refractivity contribution < 1.29 is 9.90 Å². The zero-order valence-electron chi connectivity index (χ0n) is 13.6. The molecule has 0 heterocycles. The Bertz CT molecular complexity index is 458. The van der Waals surface area contributed by atoms with Crippen molar-refractivity contribution in [1.29, 1.82) is 0 Å². The minimum Gasteiger partial charge on any atom is -0.393 e. The molecule has 0 saturated heterocycles. The Morgan fingerprint density at radius 2 is 1.81 bits per heavy atom. The van der Waals surface area contributed by atoms with E-state index in [1.54, 1.807) is 0 Å². The number of carbonyl (C=O) groups is 1. The van der Waals surface area contributed by atoms with Gasteiger partial charge in [-0.15, -0.1) is 0 Å². The summed E-state index contributed by atoms with van der Waals surface area (Å²) in [4.78, 5) is 12.4. The molecule has 0 aromatic carbocycles. The number of rotatable bonds is 0. The zero-order chi connectivity index (χ0) is 14.8. The van der Waals surface area contributed by atoms with Crippen LogP contribution in [0.2, 0.25) is 0 Å². The highest BCUT2D eigenvalue weighted by molar-refractivity contribution is 5.87. The molecule has 4 saturated carbocycles. The molecule has 0 spiro atoms. The van der Waals surface area contributed by atoms with Crippen molar-refractivity contribution in [3.05, 3.63) is 0 Å². The topological polar surface area (TPSA) is 37.3 Å². The van der Waals surface area contributed by atoms with E-state index in [0.717, 1.165) is 49.9 Å². The summed E-state index contributed by atoms with van der Waals surface area (Å²) < 4.78 is 0. The van der Waals surface area contributed by atoms with Crippen LogP contribution in [0, 0.1) is 34.5 Å². The summed E-state index contributed by atoms with van der Waals surface area (Å²) in [5.74, 6) is 3.54. The summed E-state index contributed by atoms with van der Waals surface area (Å²) in [7, 11) is 0. The molecule has 2 heteroatoms. The van der Waals surface area contributed by atoms with Crippen LogP contribution < -0.4 is 0 Å². The molecule has 4 rings (SSSR count). The third-order valence-corrected chi connectivity index (χ3v) is 8.35. The predicted molar refractivity (Wildman–Crippen MR) is 82.7 cm³/mol. The molecule has 0 bridgehead atoms. The lowest BCUT2D eigenvalue weighted by Crippen LogP contribution is -2.54. The molecule has 118 valence electrons. The van der Waals surface area contributed by atoms with Gasteiger partial charge in [0.05, 0.1) is 6.10 Å². The summed E-state index contributed by atoms with van der Waals surface area (Å²) in [5, 5.41) is 10.0. The van der Waals surface area contributed by atoms with E-state index in [4.69, 9.17) is 0 Å². The summed E-state index contributed by atoms with van der Waals surface area (Å²) in [6.45, 7) is 4.78. The highest BCUT2D eigenvalue weighted by Crippen LogP contribution is 2.65. The first-order valence-electron chi connectivity index (χ1n) is 9.16. The van der Waals surface area contributed by atoms with Crippen LogP contribution in [0.25, 0.3) is 0 Å². The van der Waals surface area contributed by atoms with Crippen molar-refractivity contribution in [3.63, 3.8) is 0 Å². The largest absolute Gasteiger partial charge is 0.393 e. The monoisotopic (exact) mass is 290 g/mol. The second kappa shape index (κ2) is 4.57. The van der Waals surface area contributed by atoms with Gasteiger partial charge in [-0.1, -0.05) is 13.8 Å². The Labute approximate surface area is 128 Å². The quantitative estimate of drug-likeness (QED) is 0.733. The van der Waals surface area contributed by atoms with Crippen LogP contribution in [0.15, 0.2) is 0 Å². The minimum absolute atomic E-state index is 0.0124. The molecular weight excluding hydrogens is 260 g/mol. The first-order chi connectivity index (χ1) is 9.95. The van der Waals surface area contributed by atoms with E-state index < -0.39 is 0 Å². The molecule has 1 N–H and O–H groups in total. The van der Waals surface area contributed by atoms with Crippen LogP contribution in [0.5, 0.6) is 0 Å². The first kappa shape index (κ1) is 14.2. The van der Waals surface area contributed by atoms with Gasteiger partial charge >= 0.3 is 0 Å². The second-order valence-corrected chi connectivity index (χ2v) is 9.00. The van der Waals surface area contributed by atoms with Gasteiger partial charge < -0.3 is 5.11 Å². The Kier molecular flexibility index (Phi) is 3.10. The molecule has 0 radical (unpaired) electrons. The van der Waals surface area contributed by atoms with E-state index in [-0.39, 0.29) is 11.5 Å². The van der Waals surface area contributed by atoms with Crippen LogP contribution in [0.4, 0.5) is 0 Å². The van der Waals surface area contributed by atoms with Crippen LogP contribution >= 0.6 is 0 Å². The van der Waals surface area contributed by atoms with Gasteiger partial charge in [-0.3, -0.25) is 4.79 Å². The molecule has 4 aliphatic carbocycles. The van der Waals surface area contributed by atoms with Crippen molar-refractivity contribution in [2.45, 2.75) is 77.7 Å². The predicted octanol–water partition coefficient (Wildman–Crippen LogP) is 3.96. The molecule has 0 aliphatic heterocycles. The van der Waals surface area contributed by atoms with Gasteiger partial charge in [-0.25, -0.2) is 0 Å². The Balaban J connectivity index is 1.64. The average molecular weight is 290 g/mol. The Hall–Kier alpha value is -0.370. The maximum Gasteiger partial charge on any atom is 0.139 e. The van der Waals surface area contributed by atoms with Gasteiger partial charge in [0.1, 0.15) is 5.78 Å². The van der Waals surface area contributed by atoms with Gasteiger partial charge in [-0.2, -0.15) is 0 Å². The maximum absolute atomic E-state index is 12.4. The molecule has 2 nitrogen and oxygen atoms in total. The SMILES string of the molecule is C[C@]12CCC(O)C[C@@H]1CC[C@@H]1[C@@H]2CC[C@]2(C)C(=O)CC[C@@H]12. The third kappa shape index (κ3) is 1.84. The molecule has 7 atom stereocenters. The number of Topliss-reactive ketones (excluding diaryl/α,β-unsaturated/α-hetero) is 1. The van der Waals surface area contributed by atoms with Gasteiger partial charge in [0, 0.05) is 11.8 Å². The smallest absolute Gasteiger partial charge is 0.139 e.